The molecule has 0 bridgehead atoms. The largest absolute Gasteiger partial charge is 0.392 e. The molecular formula is C17H18FNO2S. The zero-order chi connectivity index (χ0) is 15.9. The van der Waals surface area contributed by atoms with Crippen LogP contribution >= 0.6 is 11.8 Å². The van der Waals surface area contributed by atoms with Crippen LogP contribution in [-0.4, -0.2) is 16.3 Å². The molecule has 2 rings (SSSR count). The molecular weight excluding hydrogens is 301 g/mol. The normalized spacial score (nSPS) is 12.0. The van der Waals surface area contributed by atoms with Gasteiger partial charge in [0.05, 0.1) is 11.9 Å². The number of carbonyl (C=O) groups excluding carboxylic acids is 1. The number of hydrogen-bond donors (Lipinski definition) is 2. The van der Waals surface area contributed by atoms with Crippen molar-refractivity contribution in [2.45, 2.75) is 24.5 Å². The number of thioether (sulfide) groups is 1. The van der Waals surface area contributed by atoms with Crippen molar-refractivity contribution in [1.29, 1.82) is 0 Å². The number of benzene rings is 2. The highest BCUT2D eigenvalue weighted by Gasteiger charge is 2.13. The third-order valence-electron chi connectivity index (χ3n) is 3.15. The van der Waals surface area contributed by atoms with Crippen molar-refractivity contribution in [3.05, 3.63) is 65.5 Å². The molecule has 0 aromatic heterocycles. The summed E-state index contributed by atoms with van der Waals surface area (Å²) in [5, 5.41) is 11.6. The van der Waals surface area contributed by atoms with Crippen LogP contribution in [0.5, 0.6) is 0 Å². The van der Waals surface area contributed by atoms with E-state index in [4.69, 9.17) is 5.11 Å². The second-order valence-electron chi connectivity index (χ2n) is 4.93. The number of nitrogens with one attached hydrogen (secondary N) is 1. The quantitative estimate of drug-likeness (QED) is 0.855. The molecule has 2 N–H and O–H groups in total. The van der Waals surface area contributed by atoms with Crippen molar-refractivity contribution in [1.82, 2.24) is 0 Å². The molecule has 0 radical (unpaired) electrons. The van der Waals surface area contributed by atoms with Crippen LogP contribution in [0.3, 0.4) is 0 Å². The summed E-state index contributed by atoms with van der Waals surface area (Å²) in [5.41, 5.74) is 2.51. The van der Waals surface area contributed by atoms with Gasteiger partial charge in [-0.25, -0.2) is 4.39 Å². The zero-order valence-electron chi connectivity index (χ0n) is 12.3. The summed E-state index contributed by atoms with van der Waals surface area (Å²) in [6.45, 7) is 1.85. The molecule has 0 heterocycles. The first-order chi connectivity index (χ1) is 10.6. The van der Waals surface area contributed by atoms with Crippen LogP contribution in [-0.2, 0) is 17.2 Å². The van der Waals surface area contributed by atoms with Gasteiger partial charge in [0.25, 0.3) is 0 Å². The summed E-state index contributed by atoms with van der Waals surface area (Å²) in [4.78, 5) is 12.1. The second-order valence-corrected chi connectivity index (χ2v) is 6.26. The van der Waals surface area contributed by atoms with Gasteiger partial charge in [-0.15, -0.1) is 11.8 Å². The van der Waals surface area contributed by atoms with Crippen molar-refractivity contribution in [2.75, 3.05) is 5.32 Å². The number of aliphatic hydroxyl groups excluding tert-OH is 1. The van der Waals surface area contributed by atoms with Crippen molar-refractivity contribution < 1.29 is 14.3 Å². The topological polar surface area (TPSA) is 49.3 Å². The summed E-state index contributed by atoms with van der Waals surface area (Å²) < 4.78 is 12.8. The maximum atomic E-state index is 12.8. The maximum Gasteiger partial charge on any atom is 0.237 e. The van der Waals surface area contributed by atoms with E-state index in [0.717, 1.165) is 11.1 Å². The monoisotopic (exact) mass is 319 g/mol. The number of halogens is 1. The highest BCUT2D eigenvalue weighted by molar-refractivity contribution is 7.99. The van der Waals surface area contributed by atoms with E-state index in [0.29, 0.717) is 11.4 Å². The molecule has 0 aliphatic heterocycles. The van der Waals surface area contributed by atoms with Crippen LogP contribution in [0.15, 0.2) is 48.5 Å². The molecule has 0 aliphatic carbocycles. The van der Waals surface area contributed by atoms with Crippen molar-refractivity contribution >= 4 is 23.4 Å². The predicted octanol–water partition coefficient (Wildman–Crippen LogP) is 3.58. The molecule has 0 spiro atoms. The molecule has 22 heavy (non-hydrogen) atoms. The van der Waals surface area contributed by atoms with Gasteiger partial charge in [0.2, 0.25) is 5.91 Å². The number of aliphatic hydroxyl groups is 1. The highest BCUT2D eigenvalue weighted by atomic mass is 32.2. The Morgan fingerprint density at radius 2 is 1.91 bits per heavy atom. The summed E-state index contributed by atoms with van der Waals surface area (Å²) in [6, 6.07) is 13.4. The summed E-state index contributed by atoms with van der Waals surface area (Å²) in [5.74, 6) is 0.241. The van der Waals surface area contributed by atoms with Crippen LogP contribution in [0, 0.1) is 5.82 Å². The van der Waals surface area contributed by atoms with Crippen LogP contribution < -0.4 is 5.32 Å². The first-order valence-electron chi connectivity index (χ1n) is 6.95. The van der Waals surface area contributed by atoms with E-state index in [2.05, 4.69) is 5.32 Å². The zero-order valence-corrected chi connectivity index (χ0v) is 13.1. The van der Waals surface area contributed by atoms with Gasteiger partial charge in [-0.05, 0) is 42.3 Å². The third kappa shape index (κ3) is 4.86. The van der Waals surface area contributed by atoms with Crippen molar-refractivity contribution in [3.63, 3.8) is 0 Å². The minimum Gasteiger partial charge on any atom is -0.392 e. The Hall–Kier alpha value is -1.85. The molecule has 0 saturated heterocycles. The first kappa shape index (κ1) is 16.5. The molecule has 1 atom stereocenters. The molecule has 1 unspecified atom stereocenters. The number of anilines is 1. The van der Waals surface area contributed by atoms with Gasteiger partial charge in [-0.3, -0.25) is 4.79 Å². The molecule has 0 aliphatic rings. The summed E-state index contributed by atoms with van der Waals surface area (Å²) in [6.07, 6.45) is 0. The molecule has 2 aromatic carbocycles. The van der Waals surface area contributed by atoms with E-state index in [9.17, 15) is 9.18 Å². The second kappa shape index (κ2) is 7.96. The number of rotatable bonds is 6. The number of amides is 1. The lowest BCUT2D eigenvalue weighted by atomic mass is 10.1. The molecule has 116 valence electrons. The van der Waals surface area contributed by atoms with Gasteiger partial charge in [0.1, 0.15) is 5.82 Å². The van der Waals surface area contributed by atoms with Crippen molar-refractivity contribution in [2.24, 2.45) is 0 Å². The number of carbonyl (C=O) groups is 1. The minimum atomic E-state index is -0.329. The molecule has 3 nitrogen and oxygen atoms in total. The van der Waals surface area contributed by atoms with Gasteiger partial charge in [-0.2, -0.15) is 0 Å². The van der Waals surface area contributed by atoms with E-state index in [1.807, 2.05) is 31.2 Å². The van der Waals surface area contributed by atoms with Gasteiger partial charge in [0, 0.05) is 11.4 Å². The Kier molecular flexibility index (Phi) is 5.98. The van der Waals surface area contributed by atoms with E-state index >= 15 is 0 Å². The van der Waals surface area contributed by atoms with E-state index in [1.54, 1.807) is 0 Å². The Balaban J connectivity index is 1.86. The SMILES string of the molecule is CC(SCc1cccc(CO)c1)C(=O)Nc1ccc(F)cc1. The smallest absolute Gasteiger partial charge is 0.237 e. The highest BCUT2D eigenvalue weighted by Crippen LogP contribution is 2.20. The van der Waals surface area contributed by atoms with Gasteiger partial charge < -0.3 is 10.4 Å². The van der Waals surface area contributed by atoms with Gasteiger partial charge in [-0.1, -0.05) is 24.3 Å². The predicted molar refractivity (Wildman–Crippen MR) is 88.2 cm³/mol. The fraction of sp³-hybridized carbons (Fsp3) is 0.235. The number of hydrogen-bond acceptors (Lipinski definition) is 3. The minimum absolute atomic E-state index is 0.0130. The lowest BCUT2D eigenvalue weighted by Crippen LogP contribution is -2.22. The average Bonchev–Trinajstić information content (AvgIpc) is 2.54. The maximum absolute atomic E-state index is 12.8. The van der Waals surface area contributed by atoms with E-state index < -0.39 is 0 Å². The summed E-state index contributed by atoms with van der Waals surface area (Å²) >= 11 is 1.51. The molecule has 5 heteroatoms. The van der Waals surface area contributed by atoms with Crippen LogP contribution in [0.25, 0.3) is 0 Å². The third-order valence-corrected chi connectivity index (χ3v) is 4.37. The Morgan fingerprint density at radius 3 is 2.59 bits per heavy atom. The van der Waals surface area contributed by atoms with E-state index in [-0.39, 0.29) is 23.6 Å². The standard InChI is InChI=1S/C17H18FNO2S/c1-12(17(21)19-16-7-5-15(18)6-8-16)22-11-14-4-2-3-13(9-14)10-20/h2-9,12,20H,10-11H2,1H3,(H,19,21). The van der Waals surface area contributed by atoms with Gasteiger partial charge in [0.15, 0.2) is 0 Å². The lowest BCUT2D eigenvalue weighted by molar-refractivity contribution is -0.115. The first-order valence-corrected chi connectivity index (χ1v) is 8.00. The molecule has 0 fully saturated rings. The fourth-order valence-electron chi connectivity index (χ4n) is 1.89. The Bertz CT molecular complexity index is 631. The van der Waals surface area contributed by atoms with E-state index in [1.165, 1.54) is 36.0 Å². The molecule has 2 aromatic rings. The summed E-state index contributed by atoms with van der Waals surface area (Å²) in [7, 11) is 0. The lowest BCUT2D eigenvalue weighted by Gasteiger charge is -2.12. The van der Waals surface area contributed by atoms with Crippen LogP contribution in [0.2, 0.25) is 0 Å². The molecule has 1 amide bonds. The van der Waals surface area contributed by atoms with Crippen LogP contribution in [0.1, 0.15) is 18.1 Å². The average molecular weight is 319 g/mol. The fourth-order valence-corrected chi connectivity index (χ4v) is 2.72. The Labute approximate surface area is 133 Å². The Morgan fingerprint density at radius 1 is 1.23 bits per heavy atom. The van der Waals surface area contributed by atoms with Crippen LogP contribution in [0.4, 0.5) is 10.1 Å². The van der Waals surface area contributed by atoms with Gasteiger partial charge >= 0.3 is 0 Å². The molecule has 0 saturated carbocycles. The van der Waals surface area contributed by atoms with Crippen molar-refractivity contribution in [3.8, 4) is 0 Å².